The van der Waals surface area contributed by atoms with Gasteiger partial charge >= 0.3 is 0 Å². The fourth-order valence-electron chi connectivity index (χ4n) is 3.51. The number of nitrogens with zero attached hydrogens (tertiary/aromatic N) is 3. The van der Waals surface area contributed by atoms with Gasteiger partial charge in [0, 0.05) is 29.9 Å². The highest BCUT2D eigenvalue weighted by Crippen LogP contribution is 2.20. The molecule has 1 amide bonds. The lowest BCUT2D eigenvalue weighted by atomic mass is 10.1. The second-order valence-electron chi connectivity index (χ2n) is 7.21. The van der Waals surface area contributed by atoms with E-state index in [1.165, 1.54) is 5.56 Å². The van der Waals surface area contributed by atoms with E-state index in [0.29, 0.717) is 5.56 Å². The molecule has 1 saturated heterocycles. The summed E-state index contributed by atoms with van der Waals surface area (Å²) in [6.07, 6.45) is 4.92. The SMILES string of the molecule is CN1CC[C@@H](NC(=O)c2ccc(-c3cnn(Cc4ccccc4)c3)cc2)C1. The number of rotatable bonds is 5. The Hall–Kier alpha value is -2.92. The van der Waals surface area contributed by atoms with E-state index in [2.05, 4.69) is 34.5 Å². The number of carbonyl (C=O) groups is 1. The molecule has 0 spiro atoms. The summed E-state index contributed by atoms with van der Waals surface area (Å²) >= 11 is 0. The fourth-order valence-corrected chi connectivity index (χ4v) is 3.51. The molecular formula is C22H24N4O. The average molecular weight is 360 g/mol. The summed E-state index contributed by atoms with van der Waals surface area (Å²) in [5.74, 6) is 0.00150. The second-order valence-corrected chi connectivity index (χ2v) is 7.21. The molecule has 0 saturated carbocycles. The van der Waals surface area contributed by atoms with Crippen molar-refractivity contribution in [3.8, 4) is 11.1 Å². The van der Waals surface area contributed by atoms with Crippen LogP contribution in [0, 0.1) is 0 Å². The highest BCUT2D eigenvalue weighted by Gasteiger charge is 2.21. The summed E-state index contributed by atoms with van der Waals surface area (Å²) in [7, 11) is 2.08. The number of likely N-dealkylation sites (tertiary alicyclic amines) is 1. The Morgan fingerprint density at radius 3 is 2.59 bits per heavy atom. The van der Waals surface area contributed by atoms with Crippen molar-refractivity contribution in [2.75, 3.05) is 20.1 Å². The fraction of sp³-hybridized carbons (Fsp3) is 0.273. The zero-order valence-corrected chi connectivity index (χ0v) is 15.5. The van der Waals surface area contributed by atoms with E-state index in [1.807, 2.05) is 59.5 Å². The Labute approximate surface area is 159 Å². The smallest absolute Gasteiger partial charge is 0.251 e. The van der Waals surface area contributed by atoms with E-state index in [1.54, 1.807) is 0 Å². The molecular weight excluding hydrogens is 336 g/mol. The number of nitrogens with one attached hydrogen (secondary N) is 1. The first kappa shape index (κ1) is 17.5. The highest BCUT2D eigenvalue weighted by atomic mass is 16.1. The number of aromatic nitrogens is 2. The minimum absolute atomic E-state index is 0.00150. The van der Waals surface area contributed by atoms with Crippen molar-refractivity contribution in [3.05, 3.63) is 78.1 Å². The molecule has 1 atom stereocenters. The van der Waals surface area contributed by atoms with Crippen LogP contribution >= 0.6 is 0 Å². The van der Waals surface area contributed by atoms with Crippen LogP contribution in [0.2, 0.25) is 0 Å². The van der Waals surface area contributed by atoms with E-state index in [-0.39, 0.29) is 11.9 Å². The minimum atomic E-state index is 0.00150. The van der Waals surface area contributed by atoms with Crippen molar-refractivity contribution < 1.29 is 4.79 Å². The predicted molar refractivity (Wildman–Crippen MR) is 107 cm³/mol. The van der Waals surface area contributed by atoms with Crippen molar-refractivity contribution in [1.29, 1.82) is 0 Å². The molecule has 1 fully saturated rings. The highest BCUT2D eigenvalue weighted by molar-refractivity contribution is 5.94. The standard InChI is InChI=1S/C22H24N4O/c1-25-12-11-21(16-25)24-22(27)19-9-7-18(8-10-19)20-13-23-26(15-20)14-17-5-3-2-4-6-17/h2-10,13,15,21H,11-12,14,16H2,1H3,(H,24,27)/t21-/m1/s1. The van der Waals surface area contributed by atoms with Gasteiger partial charge in [0.05, 0.1) is 12.7 Å². The molecule has 5 heteroatoms. The summed E-state index contributed by atoms with van der Waals surface area (Å²) in [4.78, 5) is 14.7. The maximum Gasteiger partial charge on any atom is 0.251 e. The van der Waals surface area contributed by atoms with Gasteiger partial charge in [-0.05, 0) is 43.3 Å². The molecule has 0 radical (unpaired) electrons. The van der Waals surface area contributed by atoms with Gasteiger partial charge in [-0.15, -0.1) is 0 Å². The van der Waals surface area contributed by atoms with Crippen molar-refractivity contribution in [3.63, 3.8) is 0 Å². The molecule has 1 N–H and O–H groups in total. The quantitative estimate of drug-likeness (QED) is 0.761. The molecule has 3 aromatic rings. The first-order chi connectivity index (χ1) is 13.2. The molecule has 4 rings (SSSR count). The topological polar surface area (TPSA) is 50.2 Å². The Bertz CT molecular complexity index is 902. The van der Waals surface area contributed by atoms with Gasteiger partial charge in [-0.1, -0.05) is 42.5 Å². The molecule has 1 aliphatic heterocycles. The number of benzene rings is 2. The molecule has 0 unspecified atom stereocenters. The number of likely N-dealkylation sites (N-methyl/N-ethyl adjacent to an activating group) is 1. The number of carbonyl (C=O) groups excluding carboxylic acids is 1. The van der Waals surface area contributed by atoms with Crippen LogP contribution in [-0.4, -0.2) is 46.8 Å². The van der Waals surface area contributed by atoms with Gasteiger partial charge in [-0.25, -0.2) is 0 Å². The first-order valence-electron chi connectivity index (χ1n) is 9.33. The van der Waals surface area contributed by atoms with Gasteiger partial charge in [0.25, 0.3) is 5.91 Å². The predicted octanol–water partition coefficient (Wildman–Crippen LogP) is 3.03. The zero-order valence-electron chi connectivity index (χ0n) is 15.5. The van der Waals surface area contributed by atoms with E-state index in [9.17, 15) is 4.79 Å². The van der Waals surface area contributed by atoms with Gasteiger partial charge in [-0.3, -0.25) is 9.48 Å². The molecule has 0 bridgehead atoms. The van der Waals surface area contributed by atoms with Crippen LogP contribution < -0.4 is 5.32 Å². The molecule has 138 valence electrons. The van der Waals surface area contributed by atoms with Crippen molar-refractivity contribution in [2.45, 2.75) is 19.0 Å². The Balaban J connectivity index is 1.41. The largest absolute Gasteiger partial charge is 0.348 e. The molecule has 1 aliphatic rings. The van der Waals surface area contributed by atoms with Gasteiger partial charge in [0.1, 0.15) is 0 Å². The number of hydrogen-bond donors (Lipinski definition) is 1. The third-order valence-corrected chi connectivity index (χ3v) is 5.03. The molecule has 1 aromatic heterocycles. The maximum atomic E-state index is 12.4. The summed E-state index contributed by atoms with van der Waals surface area (Å²) < 4.78 is 1.93. The second kappa shape index (κ2) is 7.76. The molecule has 2 aromatic carbocycles. The average Bonchev–Trinajstić information content (AvgIpc) is 3.32. The lowest BCUT2D eigenvalue weighted by molar-refractivity contribution is 0.0938. The van der Waals surface area contributed by atoms with Crippen molar-refractivity contribution in [2.24, 2.45) is 0 Å². The van der Waals surface area contributed by atoms with Gasteiger partial charge in [0.15, 0.2) is 0 Å². The van der Waals surface area contributed by atoms with Gasteiger partial charge in [0.2, 0.25) is 0 Å². The normalized spacial score (nSPS) is 17.1. The van der Waals surface area contributed by atoms with Crippen LogP contribution in [0.1, 0.15) is 22.3 Å². The lowest BCUT2D eigenvalue weighted by Gasteiger charge is -2.13. The van der Waals surface area contributed by atoms with Gasteiger partial charge in [-0.2, -0.15) is 5.10 Å². The summed E-state index contributed by atoms with van der Waals surface area (Å²) in [6, 6.07) is 18.3. The third-order valence-electron chi connectivity index (χ3n) is 5.03. The third kappa shape index (κ3) is 4.26. The van der Waals surface area contributed by atoms with Crippen LogP contribution in [0.15, 0.2) is 67.0 Å². The first-order valence-corrected chi connectivity index (χ1v) is 9.33. The Morgan fingerprint density at radius 2 is 1.89 bits per heavy atom. The minimum Gasteiger partial charge on any atom is -0.348 e. The van der Waals surface area contributed by atoms with Crippen molar-refractivity contribution >= 4 is 5.91 Å². The van der Waals surface area contributed by atoms with Crippen LogP contribution in [0.5, 0.6) is 0 Å². The number of hydrogen-bond acceptors (Lipinski definition) is 3. The van der Waals surface area contributed by atoms with E-state index < -0.39 is 0 Å². The molecule has 0 aliphatic carbocycles. The summed E-state index contributed by atoms with van der Waals surface area (Å²) in [5.41, 5.74) is 4.03. The summed E-state index contributed by atoms with van der Waals surface area (Å²) in [5, 5.41) is 7.57. The monoisotopic (exact) mass is 360 g/mol. The van der Waals surface area contributed by atoms with Crippen LogP contribution in [0.4, 0.5) is 0 Å². The van der Waals surface area contributed by atoms with E-state index in [0.717, 1.165) is 37.2 Å². The van der Waals surface area contributed by atoms with Crippen LogP contribution in [-0.2, 0) is 6.54 Å². The van der Waals surface area contributed by atoms with E-state index in [4.69, 9.17) is 0 Å². The summed E-state index contributed by atoms with van der Waals surface area (Å²) in [6.45, 7) is 2.71. The molecule has 5 nitrogen and oxygen atoms in total. The zero-order chi connectivity index (χ0) is 18.6. The number of amides is 1. The molecule has 27 heavy (non-hydrogen) atoms. The van der Waals surface area contributed by atoms with Crippen LogP contribution in [0.3, 0.4) is 0 Å². The van der Waals surface area contributed by atoms with E-state index >= 15 is 0 Å². The van der Waals surface area contributed by atoms with Crippen molar-refractivity contribution in [1.82, 2.24) is 20.0 Å². The van der Waals surface area contributed by atoms with Crippen LogP contribution in [0.25, 0.3) is 11.1 Å². The maximum absolute atomic E-state index is 12.4. The Morgan fingerprint density at radius 1 is 1.11 bits per heavy atom. The Kier molecular flexibility index (Phi) is 5.03. The lowest BCUT2D eigenvalue weighted by Crippen LogP contribution is -2.36. The molecule has 2 heterocycles. The van der Waals surface area contributed by atoms with Gasteiger partial charge < -0.3 is 10.2 Å².